The molecule has 2 N–H and O–H groups in total. The summed E-state index contributed by atoms with van der Waals surface area (Å²) >= 11 is 0. The molecule has 1 atom stereocenters. The highest BCUT2D eigenvalue weighted by molar-refractivity contribution is 5.89. The van der Waals surface area contributed by atoms with Crippen LogP contribution in [0.25, 0.3) is 0 Å². The first-order valence-electron chi connectivity index (χ1n) is 9.51. The number of hydrogen-bond acceptors (Lipinski definition) is 3. The fourth-order valence-corrected chi connectivity index (χ4v) is 3.35. The Morgan fingerprint density at radius 2 is 1.60 bits per heavy atom. The van der Waals surface area contributed by atoms with Gasteiger partial charge in [0.25, 0.3) is 0 Å². The fourth-order valence-electron chi connectivity index (χ4n) is 3.35. The molecule has 2 amide bonds. The largest absolute Gasteiger partial charge is 0.454 e. The summed E-state index contributed by atoms with van der Waals surface area (Å²) in [6.45, 7) is 0.187. The molecule has 1 heterocycles. The molecule has 0 saturated carbocycles. The molecule has 30 heavy (non-hydrogen) atoms. The normalized spacial score (nSPS) is 13.0. The maximum absolute atomic E-state index is 13.4. The second kappa shape index (κ2) is 8.82. The Labute approximate surface area is 172 Å². The summed E-state index contributed by atoms with van der Waals surface area (Å²) in [6, 6.07) is 16.7. The number of nitrogens with one attached hydrogen (secondary N) is 2. The number of anilines is 1. The molecule has 3 aromatic rings. The number of rotatable bonds is 6. The van der Waals surface area contributed by atoms with Crippen molar-refractivity contribution in [3.05, 3.63) is 89.5 Å². The van der Waals surface area contributed by atoms with Gasteiger partial charge >= 0.3 is 6.03 Å². The van der Waals surface area contributed by atoms with Crippen LogP contribution in [-0.4, -0.2) is 18.9 Å². The van der Waals surface area contributed by atoms with Crippen LogP contribution < -0.4 is 20.1 Å². The third kappa shape index (κ3) is 5.05. The predicted octanol–water partition coefficient (Wildman–Crippen LogP) is 4.67. The van der Waals surface area contributed by atoms with Gasteiger partial charge in [-0.25, -0.2) is 13.6 Å². The summed E-state index contributed by atoms with van der Waals surface area (Å²) in [4.78, 5) is 12.5. The van der Waals surface area contributed by atoms with Crippen molar-refractivity contribution in [3.8, 4) is 11.5 Å². The number of carbonyl (C=O) groups excluding carboxylic acids is 1. The lowest BCUT2D eigenvalue weighted by atomic mass is 9.98. The monoisotopic (exact) mass is 410 g/mol. The van der Waals surface area contributed by atoms with Gasteiger partial charge in [0.1, 0.15) is 11.6 Å². The second-order valence-electron chi connectivity index (χ2n) is 7.03. The molecular formula is C23H20F2N2O3. The van der Waals surface area contributed by atoms with Crippen LogP contribution in [0.4, 0.5) is 19.3 Å². The van der Waals surface area contributed by atoms with Gasteiger partial charge in [0.05, 0.1) is 0 Å². The number of hydrogen-bond donors (Lipinski definition) is 2. The van der Waals surface area contributed by atoms with Gasteiger partial charge in [0.2, 0.25) is 6.79 Å². The molecule has 5 nitrogen and oxygen atoms in total. The van der Waals surface area contributed by atoms with Crippen LogP contribution in [0.15, 0.2) is 66.7 Å². The maximum Gasteiger partial charge on any atom is 0.319 e. The molecule has 0 bridgehead atoms. The Morgan fingerprint density at radius 1 is 0.867 bits per heavy atom. The van der Waals surface area contributed by atoms with Crippen LogP contribution >= 0.6 is 0 Å². The Hall–Kier alpha value is -3.61. The zero-order valence-electron chi connectivity index (χ0n) is 16.0. The van der Waals surface area contributed by atoms with Crippen molar-refractivity contribution in [1.82, 2.24) is 5.32 Å². The number of halogens is 2. The number of benzene rings is 3. The minimum Gasteiger partial charge on any atom is -0.454 e. The van der Waals surface area contributed by atoms with Gasteiger partial charge in [0, 0.05) is 11.7 Å². The van der Waals surface area contributed by atoms with Crippen molar-refractivity contribution in [2.75, 3.05) is 12.1 Å². The molecule has 0 fully saturated rings. The summed E-state index contributed by atoms with van der Waals surface area (Å²) in [7, 11) is 0. The topological polar surface area (TPSA) is 59.6 Å². The van der Waals surface area contributed by atoms with Gasteiger partial charge < -0.3 is 20.1 Å². The van der Waals surface area contributed by atoms with Crippen molar-refractivity contribution in [2.45, 2.75) is 18.9 Å². The van der Waals surface area contributed by atoms with Crippen molar-refractivity contribution in [3.63, 3.8) is 0 Å². The third-order valence-electron chi connectivity index (χ3n) is 4.73. The van der Waals surface area contributed by atoms with E-state index in [1.165, 1.54) is 30.3 Å². The lowest BCUT2D eigenvalue weighted by molar-refractivity contribution is 0.174. The third-order valence-corrected chi connectivity index (χ3v) is 4.73. The highest BCUT2D eigenvalue weighted by Crippen LogP contribution is 2.33. The Morgan fingerprint density at radius 3 is 2.40 bits per heavy atom. The van der Waals surface area contributed by atoms with Crippen molar-refractivity contribution >= 4 is 11.7 Å². The molecule has 4 rings (SSSR count). The first-order valence-corrected chi connectivity index (χ1v) is 9.51. The summed E-state index contributed by atoms with van der Waals surface area (Å²) in [5, 5.41) is 5.57. The van der Waals surface area contributed by atoms with Gasteiger partial charge in [-0.05, 0) is 66.4 Å². The predicted molar refractivity (Wildman–Crippen MR) is 109 cm³/mol. The van der Waals surface area contributed by atoms with Crippen LogP contribution in [0.3, 0.4) is 0 Å². The second-order valence-corrected chi connectivity index (χ2v) is 7.03. The van der Waals surface area contributed by atoms with Crippen LogP contribution in [0.1, 0.15) is 11.1 Å². The number of fused-ring (bicyclic) bond motifs is 1. The molecule has 0 saturated heterocycles. The standard InChI is InChI=1S/C23H20F2N2O3/c24-17-7-4-15(5-8-17)10-20(11-16-6-9-21-22(12-16)30-14-29-21)27-23(28)26-19-3-1-2-18(25)13-19/h1-9,12-13,20H,10-11,14H2,(H2,26,27,28). The van der Waals surface area contributed by atoms with E-state index in [1.54, 1.807) is 18.2 Å². The summed E-state index contributed by atoms with van der Waals surface area (Å²) in [5.41, 5.74) is 2.20. The number of amides is 2. The van der Waals surface area contributed by atoms with Crippen LogP contribution in [0, 0.1) is 11.6 Å². The summed E-state index contributed by atoms with van der Waals surface area (Å²) in [5.74, 6) is 0.599. The van der Waals surface area contributed by atoms with Gasteiger partial charge in [-0.1, -0.05) is 24.3 Å². The van der Waals surface area contributed by atoms with Crippen molar-refractivity contribution in [2.24, 2.45) is 0 Å². The zero-order chi connectivity index (χ0) is 20.9. The van der Waals surface area contributed by atoms with Gasteiger partial charge in [-0.2, -0.15) is 0 Å². The van der Waals surface area contributed by atoms with E-state index in [9.17, 15) is 13.6 Å². The first kappa shape index (κ1) is 19.7. The summed E-state index contributed by atoms with van der Waals surface area (Å²) in [6.07, 6.45) is 1.01. The van der Waals surface area contributed by atoms with E-state index in [0.29, 0.717) is 30.0 Å². The van der Waals surface area contributed by atoms with Gasteiger partial charge in [-0.15, -0.1) is 0 Å². The van der Waals surface area contributed by atoms with Crippen LogP contribution in [-0.2, 0) is 12.8 Å². The zero-order valence-corrected chi connectivity index (χ0v) is 16.0. The molecule has 154 valence electrons. The molecule has 0 aliphatic carbocycles. The maximum atomic E-state index is 13.4. The number of carbonyl (C=O) groups is 1. The van der Waals surface area contributed by atoms with E-state index < -0.39 is 11.8 Å². The smallest absolute Gasteiger partial charge is 0.319 e. The van der Waals surface area contributed by atoms with Gasteiger partial charge in [0.15, 0.2) is 11.5 Å². The van der Waals surface area contributed by atoms with E-state index in [0.717, 1.165) is 11.1 Å². The highest BCUT2D eigenvalue weighted by atomic mass is 19.1. The van der Waals surface area contributed by atoms with E-state index in [-0.39, 0.29) is 18.7 Å². The first-order chi connectivity index (χ1) is 14.5. The summed E-state index contributed by atoms with van der Waals surface area (Å²) < 4.78 is 37.4. The molecule has 1 unspecified atom stereocenters. The Kier molecular flexibility index (Phi) is 5.79. The van der Waals surface area contributed by atoms with E-state index >= 15 is 0 Å². The molecule has 1 aliphatic heterocycles. The minimum absolute atomic E-state index is 0.187. The van der Waals surface area contributed by atoms with Crippen LogP contribution in [0.2, 0.25) is 0 Å². The fraction of sp³-hybridized carbons (Fsp3) is 0.174. The van der Waals surface area contributed by atoms with Crippen molar-refractivity contribution in [1.29, 1.82) is 0 Å². The molecule has 0 radical (unpaired) electrons. The van der Waals surface area contributed by atoms with Crippen LogP contribution in [0.5, 0.6) is 11.5 Å². The number of ether oxygens (including phenoxy) is 2. The Bertz CT molecular complexity index is 1040. The van der Waals surface area contributed by atoms with E-state index in [4.69, 9.17) is 9.47 Å². The Balaban J connectivity index is 1.48. The molecular weight excluding hydrogens is 390 g/mol. The minimum atomic E-state index is -0.451. The SMILES string of the molecule is O=C(Nc1cccc(F)c1)NC(Cc1ccc(F)cc1)Cc1ccc2c(c1)OCO2. The molecule has 0 aromatic heterocycles. The quantitative estimate of drug-likeness (QED) is 0.621. The molecule has 0 spiro atoms. The lowest BCUT2D eigenvalue weighted by Gasteiger charge is -2.20. The molecule has 7 heteroatoms. The lowest BCUT2D eigenvalue weighted by Crippen LogP contribution is -2.40. The van der Waals surface area contributed by atoms with E-state index in [1.807, 2.05) is 18.2 Å². The number of urea groups is 1. The molecule has 1 aliphatic rings. The van der Waals surface area contributed by atoms with E-state index in [2.05, 4.69) is 10.6 Å². The molecule has 3 aromatic carbocycles. The average molecular weight is 410 g/mol. The van der Waals surface area contributed by atoms with Crippen molar-refractivity contribution < 1.29 is 23.0 Å². The van der Waals surface area contributed by atoms with Gasteiger partial charge in [-0.3, -0.25) is 0 Å². The average Bonchev–Trinajstić information content (AvgIpc) is 3.17. The highest BCUT2D eigenvalue weighted by Gasteiger charge is 2.18.